The quantitative estimate of drug-likeness (QED) is 0.700. The Kier molecular flexibility index (Phi) is 4.62. The fourth-order valence-electron chi connectivity index (χ4n) is 3.56. The Balaban J connectivity index is 1.51. The maximum Gasteiger partial charge on any atom is 0.345 e. The lowest BCUT2D eigenvalue weighted by molar-refractivity contribution is 0.0678. The Morgan fingerprint density at radius 1 is 1.22 bits per heavy atom. The topological polar surface area (TPSA) is 86.2 Å². The highest BCUT2D eigenvalue weighted by Gasteiger charge is 2.29. The van der Waals surface area contributed by atoms with E-state index in [-0.39, 0.29) is 23.3 Å². The number of aromatic nitrogens is 4. The van der Waals surface area contributed by atoms with Crippen LogP contribution in [0.1, 0.15) is 40.7 Å². The van der Waals surface area contributed by atoms with Gasteiger partial charge < -0.3 is 9.32 Å². The Labute approximate surface area is 156 Å². The molecule has 27 heavy (non-hydrogen) atoms. The molecule has 3 aromatic rings. The zero-order valence-electron chi connectivity index (χ0n) is 15.1. The number of benzene rings is 1. The van der Waals surface area contributed by atoms with Gasteiger partial charge in [-0.05, 0) is 18.4 Å². The lowest BCUT2D eigenvalue weighted by Crippen LogP contribution is -2.38. The summed E-state index contributed by atoms with van der Waals surface area (Å²) in [5.74, 6) is 1.04. The molecule has 1 amide bonds. The maximum absolute atomic E-state index is 12.5. The molecule has 1 fully saturated rings. The zero-order chi connectivity index (χ0) is 18.8. The van der Waals surface area contributed by atoms with Crippen molar-refractivity contribution in [3.63, 3.8) is 0 Å². The molecule has 1 aliphatic rings. The third-order valence-electron chi connectivity index (χ3n) is 5.01. The number of amides is 1. The lowest BCUT2D eigenvalue weighted by Gasteiger charge is -2.31. The molecule has 1 aromatic carbocycles. The second kappa shape index (κ2) is 7.22. The van der Waals surface area contributed by atoms with E-state index in [2.05, 4.69) is 10.1 Å². The summed E-state index contributed by atoms with van der Waals surface area (Å²) in [7, 11) is 1.68. The average Bonchev–Trinajstić information content (AvgIpc) is 3.33. The van der Waals surface area contributed by atoms with Crippen LogP contribution in [0.25, 0.3) is 0 Å². The van der Waals surface area contributed by atoms with E-state index in [4.69, 9.17) is 4.42 Å². The molecule has 0 spiro atoms. The molecule has 4 rings (SSSR count). The number of carbonyl (C=O) groups is 1. The van der Waals surface area contributed by atoms with Crippen molar-refractivity contribution in [2.45, 2.75) is 25.3 Å². The molecule has 8 nitrogen and oxygen atoms in total. The van der Waals surface area contributed by atoms with Gasteiger partial charge >= 0.3 is 5.69 Å². The summed E-state index contributed by atoms with van der Waals surface area (Å²) in [5.41, 5.74) is 0.945. The molecule has 0 aliphatic carbocycles. The Bertz CT molecular complexity index is 967. The SMILES string of the molecule is Cn1nc(C2CCN(C(=O)c3cnco3)CC2)n(Cc2ccccc2)c1=O. The van der Waals surface area contributed by atoms with Crippen LogP contribution in [0.3, 0.4) is 0 Å². The number of hydrogen-bond acceptors (Lipinski definition) is 5. The second-order valence-electron chi connectivity index (χ2n) is 6.77. The molecule has 0 radical (unpaired) electrons. The normalized spacial score (nSPS) is 15.2. The summed E-state index contributed by atoms with van der Waals surface area (Å²) < 4.78 is 8.24. The molecule has 8 heteroatoms. The van der Waals surface area contributed by atoms with Crippen LogP contribution in [0.4, 0.5) is 0 Å². The van der Waals surface area contributed by atoms with E-state index in [0.717, 1.165) is 24.2 Å². The first-order valence-electron chi connectivity index (χ1n) is 8.99. The molecule has 140 valence electrons. The molecular weight excluding hydrogens is 346 g/mol. The fourth-order valence-corrected chi connectivity index (χ4v) is 3.56. The van der Waals surface area contributed by atoms with Crippen LogP contribution >= 0.6 is 0 Å². The third kappa shape index (κ3) is 3.42. The number of piperidine rings is 1. The van der Waals surface area contributed by atoms with Gasteiger partial charge in [0.25, 0.3) is 5.91 Å². The van der Waals surface area contributed by atoms with Gasteiger partial charge in [0.1, 0.15) is 5.82 Å². The van der Waals surface area contributed by atoms with Crippen molar-refractivity contribution in [3.8, 4) is 0 Å². The average molecular weight is 367 g/mol. The summed E-state index contributed by atoms with van der Waals surface area (Å²) in [5, 5.41) is 4.48. The van der Waals surface area contributed by atoms with Gasteiger partial charge in [-0.2, -0.15) is 5.10 Å². The Morgan fingerprint density at radius 3 is 2.63 bits per heavy atom. The molecule has 2 aromatic heterocycles. The predicted molar refractivity (Wildman–Crippen MR) is 97.4 cm³/mol. The van der Waals surface area contributed by atoms with Gasteiger partial charge in [0.05, 0.1) is 12.7 Å². The highest BCUT2D eigenvalue weighted by atomic mass is 16.3. The van der Waals surface area contributed by atoms with Gasteiger partial charge in [0, 0.05) is 26.1 Å². The first-order chi connectivity index (χ1) is 13.1. The van der Waals surface area contributed by atoms with Crippen molar-refractivity contribution < 1.29 is 9.21 Å². The predicted octanol–water partition coefficient (Wildman–Crippen LogP) is 1.64. The van der Waals surface area contributed by atoms with Crippen molar-refractivity contribution in [3.05, 3.63) is 70.6 Å². The summed E-state index contributed by atoms with van der Waals surface area (Å²) in [4.78, 5) is 30.5. The van der Waals surface area contributed by atoms with Crippen LogP contribution in [0.15, 0.2) is 52.1 Å². The van der Waals surface area contributed by atoms with Gasteiger partial charge in [-0.1, -0.05) is 30.3 Å². The molecule has 0 bridgehead atoms. The van der Waals surface area contributed by atoms with E-state index in [9.17, 15) is 9.59 Å². The number of oxazole rings is 1. The first-order valence-corrected chi connectivity index (χ1v) is 8.99. The van der Waals surface area contributed by atoms with Crippen LogP contribution in [0, 0.1) is 0 Å². The molecule has 1 aliphatic heterocycles. The van der Waals surface area contributed by atoms with Crippen molar-refractivity contribution in [2.75, 3.05) is 13.1 Å². The van der Waals surface area contributed by atoms with Crippen LogP contribution in [-0.2, 0) is 13.6 Å². The largest absolute Gasteiger partial charge is 0.438 e. The van der Waals surface area contributed by atoms with E-state index in [1.54, 1.807) is 16.5 Å². The van der Waals surface area contributed by atoms with Crippen molar-refractivity contribution >= 4 is 5.91 Å². The van der Waals surface area contributed by atoms with Gasteiger partial charge in [-0.15, -0.1) is 0 Å². The summed E-state index contributed by atoms with van der Waals surface area (Å²) in [6, 6.07) is 9.88. The molecule has 0 N–H and O–H groups in total. The minimum absolute atomic E-state index is 0.117. The molecule has 0 unspecified atom stereocenters. The number of carbonyl (C=O) groups excluding carboxylic acids is 1. The molecule has 0 saturated carbocycles. The van der Waals surface area contributed by atoms with Crippen LogP contribution in [0.5, 0.6) is 0 Å². The first kappa shape index (κ1) is 17.3. The van der Waals surface area contributed by atoms with Crippen molar-refractivity contribution in [1.82, 2.24) is 24.2 Å². The Hall–Kier alpha value is -3.16. The van der Waals surface area contributed by atoms with Crippen LogP contribution < -0.4 is 5.69 Å². The number of hydrogen-bond donors (Lipinski definition) is 0. The van der Waals surface area contributed by atoms with E-state index >= 15 is 0 Å². The number of likely N-dealkylation sites (tertiary alicyclic amines) is 1. The van der Waals surface area contributed by atoms with Crippen molar-refractivity contribution in [1.29, 1.82) is 0 Å². The van der Waals surface area contributed by atoms with Crippen LogP contribution in [0.2, 0.25) is 0 Å². The smallest absolute Gasteiger partial charge is 0.345 e. The number of aryl methyl sites for hydroxylation is 1. The van der Waals surface area contributed by atoms with E-state index in [1.165, 1.54) is 17.3 Å². The van der Waals surface area contributed by atoms with E-state index < -0.39 is 0 Å². The number of nitrogens with zero attached hydrogens (tertiary/aromatic N) is 5. The standard InChI is InChI=1S/C19H21N5O3/c1-22-19(26)24(12-14-5-3-2-4-6-14)17(21-22)15-7-9-23(10-8-15)18(25)16-11-20-13-27-16/h2-6,11,13,15H,7-10,12H2,1H3. The fraction of sp³-hybridized carbons (Fsp3) is 0.368. The molecule has 0 atom stereocenters. The minimum atomic E-state index is -0.145. The minimum Gasteiger partial charge on any atom is -0.438 e. The van der Waals surface area contributed by atoms with Gasteiger partial charge in [0.15, 0.2) is 6.39 Å². The third-order valence-corrected chi connectivity index (χ3v) is 5.01. The zero-order valence-corrected chi connectivity index (χ0v) is 15.1. The number of rotatable bonds is 4. The summed E-state index contributed by atoms with van der Waals surface area (Å²) in [6.07, 6.45) is 4.21. The van der Waals surface area contributed by atoms with E-state index in [1.807, 2.05) is 30.3 Å². The Morgan fingerprint density at radius 2 is 1.96 bits per heavy atom. The molecule has 3 heterocycles. The maximum atomic E-state index is 12.5. The van der Waals surface area contributed by atoms with Gasteiger partial charge in [-0.25, -0.2) is 14.5 Å². The molecular formula is C19H21N5O3. The van der Waals surface area contributed by atoms with Gasteiger partial charge in [0.2, 0.25) is 5.76 Å². The monoisotopic (exact) mass is 367 g/mol. The van der Waals surface area contributed by atoms with E-state index in [0.29, 0.717) is 19.6 Å². The highest BCUT2D eigenvalue weighted by molar-refractivity contribution is 5.91. The van der Waals surface area contributed by atoms with Crippen LogP contribution in [-0.4, -0.2) is 43.2 Å². The van der Waals surface area contributed by atoms with Gasteiger partial charge in [-0.3, -0.25) is 9.36 Å². The highest BCUT2D eigenvalue weighted by Crippen LogP contribution is 2.27. The molecule has 1 saturated heterocycles. The van der Waals surface area contributed by atoms with Crippen molar-refractivity contribution in [2.24, 2.45) is 7.05 Å². The lowest BCUT2D eigenvalue weighted by atomic mass is 9.95. The summed E-state index contributed by atoms with van der Waals surface area (Å²) in [6.45, 7) is 1.70. The summed E-state index contributed by atoms with van der Waals surface area (Å²) >= 11 is 0. The second-order valence-corrected chi connectivity index (χ2v) is 6.77.